The van der Waals surface area contributed by atoms with Gasteiger partial charge in [-0.15, -0.1) is 0 Å². The molecule has 0 spiro atoms. The molecule has 1 aliphatic rings. The fraction of sp³-hybridized carbons (Fsp3) is 0.400. The number of ether oxygens (including phenoxy) is 2. The maximum absolute atomic E-state index is 5.81. The Labute approximate surface area is 77.5 Å². The second kappa shape index (κ2) is 2.83. The summed E-state index contributed by atoms with van der Waals surface area (Å²) >= 11 is 0. The molecule has 3 nitrogen and oxygen atoms in total. The molecule has 0 saturated carbocycles. The zero-order valence-electron chi connectivity index (χ0n) is 7.83. The number of anilines is 1. The van der Waals surface area contributed by atoms with Gasteiger partial charge >= 0.3 is 0 Å². The Kier molecular flexibility index (Phi) is 1.79. The molecule has 0 aromatic heterocycles. The van der Waals surface area contributed by atoms with Crippen LogP contribution >= 0.6 is 0 Å². The second-order valence-electron chi connectivity index (χ2n) is 3.50. The van der Waals surface area contributed by atoms with Crippen molar-refractivity contribution in [2.75, 3.05) is 12.5 Å². The molecule has 70 valence electrons. The van der Waals surface area contributed by atoms with Gasteiger partial charge in [0.2, 0.25) is 6.79 Å². The minimum Gasteiger partial charge on any atom is -0.453 e. The quantitative estimate of drug-likeness (QED) is 0.671. The minimum absolute atomic E-state index is 0.279. The number of nitrogens with two attached hydrogens (primary N) is 1. The molecule has 2 N–H and O–H groups in total. The fourth-order valence-electron chi connectivity index (χ4n) is 1.39. The van der Waals surface area contributed by atoms with Crippen LogP contribution in [0.3, 0.4) is 0 Å². The topological polar surface area (TPSA) is 44.5 Å². The van der Waals surface area contributed by atoms with Crippen LogP contribution in [0.2, 0.25) is 0 Å². The predicted molar refractivity (Wildman–Crippen MR) is 51.1 cm³/mol. The van der Waals surface area contributed by atoms with Crippen LogP contribution in [0.1, 0.15) is 25.3 Å². The van der Waals surface area contributed by atoms with Crippen molar-refractivity contribution in [2.45, 2.75) is 19.8 Å². The van der Waals surface area contributed by atoms with Gasteiger partial charge in [-0.05, 0) is 23.6 Å². The van der Waals surface area contributed by atoms with E-state index in [2.05, 4.69) is 13.8 Å². The number of benzene rings is 1. The molecule has 0 fully saturated rings. The Morgan fingerprint density at radius 2 is 2.08 bits per heavy atom. The Balaban J connectivity index is 2.49. The molecule has 3 heteroatoms. The number of nitrogen functional groups attached to an aromatic ring is 1. The molecule has 0 saturated heterocycles. The zero-order valence-corrected chi connectivity index (χ0v) is 7.83. The molecule has 13 heavy (non-hydrogen) atoms. The number of fused-ring (bicyclic) bond motifs is 1. The van der Waals surface area contributed by atoms with E-state index in [9.17, 15) is 0 Å². The first-order chi connectivity index (χ1) is 6.18. The van der Waals surface area contributed by atoms with Crippen molar-refractivity contribution in [3.05, 3.63) is 17.7 Å². The molecule has 1 aromatic rings. The summed E-state index contributed by atoms with van der Waals surface area (Å²) in [5, 5.41) is 0. The smallest absolute Gasteiger partial charge is 0.231 e. The van der Waals surface area contributed by atoms with Gasteiger partial charge in [0, 0.05) is 0 Å². The standard InChI is InChI=1S/C10H13NO2/c1-6(2)7-3-8(11)10-9(4-7)12-5-13-10/h3-4,6H,5,11H2,1-2H3. The van der Waals surface area contributed by atoms with E-state index in [4.69, 9.17) is 15.2 Å². The molecule has 0 unspecified atom stereocenters. The molecule has 1 aromatic carbocycles. The lowest BCUT2D eigenvalue weighted by molar-refractivity contribution is 0.174. The second-order valence-corrected chi connectivity index (χ2v) is 3.50. The molecule has 1 heterocycles. The Hall–Kier alpha value is -1.38. The van der Waals surface area contributed by atoms with E-state index in [1.54, 1.807) is 0 Å². The molecule has 0 aliphatic carbocycles. The third kappa shape index (κ3) is 1.30. The lowest BCUT2D eigenvalue weighted by Gasteiger charge is -2.08. The van der Waals surface area contributed by atoms with Crippen LogP contribution in [0.4, 0.5) is 5.69 Å². The van der Waals surface area contributed by atoms with E-state index in [1.165, 1.54) is 5.56 Å². The molecule has 0 bridgehead atoms. The van der Waals surface area contributed by atoms with Crippen molar-refractivity contribution in [1.29, 1.82) is 0 Å². The Morgan fingerprint density at radius 3 is 2.77 bits per heavy atom. The Bertz CT molecular complexity index is 334. The zero-order chi connectivity index (χ0) is 9.42. The summed E-state index contributed by atoms with van der Waals surface area (Å²) in [7, 11) is 0. The van der Waals surface area contributed by atoms with Crippen LogP contribution in [0.15, 0.2) is 12.1 Å². The number of hydrogen-bond donors (Lipinski definition) is 1. The predicted octanol–water partition coefficient (Wildman–Crippen LogP) is 2.12. The van der Waals surface area contributed by atoms with Gasteiger partial charge in [-0.1, -0.05) is 13.8 Å². The van der Waals surface area contributed by atoms with Crippen molar-refractivity contribution in [2.24, 2.45) is 0 Å². The van der Waals surface area contributed by atoms with Gasteiger partial charge in [-0.2, -0.15) is 0 Å². The molecule has 0 amide bonds. The van der Waals surface area contributed by atoms with Gasteiger partial charge in [-0.3, -0.25) is 0 Å². The maximum Gasteiger partial charge on any atom is 0.231 e. The molecule has 0 radical (unpaired) electrons. The molecule has 0 atom stereocenters. The highest BCUT2D eigenvalue weighted by Crippen LogP contribution is 2.40. The van der Waals surface area contributed by atoms with Crippen LogP contribution in [0.5, 0.6) is 11.5 Å². The van der Waals surface area contributed by atoms with Gasteiger partial charge in [-0.25, -0.2) is 0 Å². The number of rotatable bonds is 1. The van der Waals surface area contributed by atoms with Crippen LogP contribution in [0, 0.1) is 0 Å². The molecule has 2 rings (SSSR count). The van der Waals surface area contributed by atoms with Crippen molar-refractivity contribution < 1.29 is 9.47 Å². The van der Waals surface area contributed by atoms with Gasteiger partial charge in [0.25, 0.3) is 0 Å². The first-order valence-corrected chi connectivity index (χ1v) is 4.37. The molecular weight excluding hydrogens is 166 g/mol. The van der Waals surface area contributed by atoms with Crippen molar-refractivity contribution in [3.8, 4) is 11.5 Å². The van der Waals surface area contributed by atoms with Crippen LogP contribution < -0.4 is 15.2 Å². The summed E-state index contributed by atoms with van der Waals surface area (Å²) in [6, 6.07) is 3.93. The highest BCUT2D eigenvalue weighted by Gasteiger charge is 2.18. The highest BCUT2D eigenvalue weighted by atomic mass is 16.7. The normalized spacial score (nSPS) is 13.8. The van der Waals surface area contributed by atoms with E-state index >= 15 is 0 Å². The van der Waals surface area contributed by atoms with Crippen LogP contribution in [0.25, 0.3) is 0 Å². The summed E-state index contributed by atoms with van der Waals surface area (Å²) in [6.07, 6.45) is 0. The summed E-state index contributed by atoms with van der Waals surface area (Å²) in [5.41, 5.74) is 7.65. The van der Waals surface area contributed by atoms with Gasteiger partial charge in [0.05, 0.1) is 5.69 Å². The van der Waals surface area contributed by atoms with Crippen molar-refractivity contribution in [3.63, 3.8) is 0 Å². The minimum atomic E-state index is 0.279. The van der Waals surface area contributed by atoms with E-state index in [-0.39, 0.29) is 6.79 Å². The van der Waals surface area contributed by atoms with Crippen LogP contribution in [-0.2, 0) is 0 Å². The number of hydrogen-bond acceptors (Lipinski definition) is 3. The molecular formula is C10H13NO2. The maximum atomic E-state index is 5.81. The first-order valence-electron chi connectivity index (χ1n) is 4.37. The highest BCUT2D eigenvalue weighted by molar-refractivity contribution is 5.63. The van der Waals surface area contributed by atoms with Crippen molar-refractivity contribution in [1.82, 2.24) is 0 Å². The largest absolute Gasteiger partial charge is 0.453 e. The first kappa shape index (κ1) is 8.23. The van der Waals surface area contributed by atoms with E-state index in [0.717, 1.165) is 5.75 Å². The monoisotopic (exact) mass is 179 g/mol. The summed E-state index contributed by atoms with van der Waals surface area (Å²) < 4.78 is 10.5. The average molecular weight is 179 g/mol. The summed E-state index contributed by atoms with van der Waals surface area (Å²) in [6.45, 7) is 4.52. The van der Waals surface area contributed by atoms with E-state index < -0.39 is 0 Å². The average Bonchev–Trinajstić information content (AvgIpc) is 2.51. The third-order valence-corrected chi connectivity index (χ3v) is 2.19. The van der Waals surface area contributed by atoms with Crippen LogP contribution in [-0.4, -0.2) is 6.79 Å². The lowest BCUT2D eigenvalue weighted by atomic mass is 10.0. The van der Waals surface area contributed by atoms with E-state index in [0.29, 0.717) is 17.4 Å². The Morgan fingerprint density at radius 1 is 1.31 bits per heavy atom. The summed E-state index contributed by atoms with van der Waals surface area (Å²) in [5.74, 6) is 1.91. The van der Waals surface area contributed by atoms with Gasteiger partial charge < -0.3 is 15.2 Å². The van der Waals surface area contributed by atoms with Gasteiger partial charge in [0.15, 0.2) is 11.5 Å². The fourth-order valence-corrected chi connectivity index (χ4v) is 1.39. The van der Waals surface area contributed by atoms with E-state index in [1.807, 2.05) is 12.1 Å². The summed E-state index contributed by atoms with van der Waals surface area (Å²) in [4.78, 5) is 0. The third-order valence-electron chi connectivity index (χ3n) is 2.19. The lowest BCUT2D eigenvalue weighted by Crippen LogP contribution is -1.94. The van der Waals surface area contributed by atoms with Gasteiger partial charge in [0.1, 0.15) is 0 Å². The molecule has 1 aliphatic heterocycles. The van der Waals surface area contributed by atoms with Crippen molar-refractivity contribution >= 4 is 5.69 Å². The SMILES string of the molecule is CC(C)c1cc(N)c2c(c1)OCO2.